The summed E-state index contributed by atoms with van der Waals surface area (Å²) in [6.45, 7) is -0.00428. The van der Waals surface area contributed by atoms with Gasteiger partial charge in [0.2, 0.25) is 11.8 Å². The predicted molar refractivity (Wildman–Crippen MR) is 84.8 cm³/mol. The Bertz CT molecular complexity index is 662. The van der Waals surface area contributed by atoms with Crippen LogP contribution in [0.5, 0.6) is 0 Å². The minimum atomic E-state index is -0.480. The number of allylic oxidation sites excluding steroid dienone is 1. The minimum absolute atomic E-state index is 0.00428. The zero-order chi connectivity index (χ0) is 15.8. The lowest BCUT2D eigenvalue weighted by Crippen LogP contribution is -2.18. The van der Waals surface area contributed by atoms with E-state index < -0.39 is 5.91 Å². The molecule has 0 saturated carbocycles. The van der Waals surface area contributed by atoms with Gasteiger partial charge in [-0.25, -0.2) is 0 Å². The smallest absolute Gasteiger partial charge is 0.239 e. The maximum absolute atomic E-state index is 11.8. The molecule has 0 atom stereocenters. The number of aromatic nitrogens is 2. The molecule has 2 rings (SSSR count). The fourth-order valence-electron chi connectivity index (χ4n) is 1.90. The summed E-state index contributed by atoms with van der Waals surface area (Å²) in [7, 11) is 0. The molecule has 6 nitrogen and oxygen atoms in total. The Morgan fingerprint density at radius 2 is 2.05 bits per heavy atom. The first kappa shape index (κ1) is 15.5. The molecule has 114 valence electrons. The number of nitrogens with one attached hydrogen (secondary N) is 1. The van der Waals surface area contributed by atoms with Gasteiger partial charge in [-0.05, 0) is 12.0 Å². The number of rotatable bonds is 7. The third kappa shape index (κ3) is 5.24. The van der Waals surface area contributed by atoms with Gasteiger partial charge >= 0.3 is 0 Å². The van der Waals surface area contributed by atoms with Crippen LogP contribution in [0.3, 0.4) is 0 Å². The van der Waals surface area contributed by atoms with Gasteiger partial charge in [0.25, 0.3) is 0 Å². The molecule has 0 spiro atoms. The van der Waals surface area contributed by atoms with Crippen LogP contribution in [0.2, 0.25) is 0 Å². The van der Waals surface area contributed by atoms with Crippen molar-refractivity contribution in [2.75, 3.05) is 5.32 Å². The second-order valence-electron chi connectivity index (χ2n) is 4.79. The van der Waals surface area contributed by atoms with E-state index in [1.54, 1.807) is 6.20 Å². The van der Waals surface area contributed by atoms with Crippen LogP contribution in [0, 0.1) is 0 Å². The molecular formula is C16H18N4O2. The van der Waals surface area contributed by atoms with Crippen LogP contribution < -0.4 is 11.1 Å². The highest BCUT2D eigenvalue weighted by molar-refractivity contribution is 5.90. The molecule has 0 saturated heterocycles. The van der Waals surface area contributed by atoms with E-state index in [1.165, 1.54) is 10.9 Å². The number of hydrogen-bond donors (Lipinski definition) is 2. The van der Waals surface area contributed by atoms with Gasteiger partial charge < -0.3 is 11.1 Å². The van der Waals surface area contributed by atoms with Gasteiger partial charge in [-0.3, -0.25) is 14.3 Å². The monoisotopic (exact) mass is 298 g/mol. The van der Waals surface area contributed by atoms with E-state index in [4.69, 9.17) is 5.73 Å². The molecule has 6 heteroatoms. The second kappa shape index (κ2) is 7.78. The number of benzene rings is 1. The summed E-state index contributed by atoms with van der Waals surface area (Å²) in [5.41, 5.74) is 6.73. The average Bonchev–Trinajstić information content (AvgIpc) is 2.91. The lowest BCUT2D eigenvalue weighted by molar-refractivity contribution is -0.118. The first-order chi connectivity index (χ1) is 10.6. The maximum Gasteiger partial charge on any atom is 0.239 e. The first-order valence-corrected chi connectivity index (χ1v) is 6.95. The molecule has 0 aliphatic rings. The van der Waals surface area contributed by atoms with E-state index in [0.29, 0.717) is 18.5 Å². The molecular weight excluding hydrogens is 280 g/mol. The van der Waals surface area contributed by atoms with Crippen LogP contribution in [-0.4, -0.2) is 21.6 Å². The highest BCUT2D eigenvalue weighted by Gasteiger charge is 2.04. The van der Waals surface area contributed by atoms with Crippen molar-refractivity contribution in [2.24, 2.45) is 5.73 Å². The molecule has 1 aromatic heterocycles. The van der Waals surface area contributed by atoms with Gasteiger partial charge in [0, 0.05) is 12.6 Å². The van der Waals surface area contributed by atoms with Crippen molar-refractivity contribution in [3.8, 4) is 0 Å². The Morgan fingerprint density at radius 3 is 2.77 bits per heavy atom. The standard InChI is InChI=1S/C16H18N4O2/c17-15(21)12-20-11-14(10-18-20)19-16(22)9-5-4-8-13-6-2-1-3-7-13/h1-4,6-8,10-11H,5,9,12H2,(H2,17,21)(H,19,22)/b8-4-. The first-order valence-electron chi connectivity index (χ1n) is 6.95. The van der Waals surface area contributed by atoms with Crippen molar-refractivity contribution in [1.29, 1.82) is 0 Å². The molecule has 1 aromatic carbocycles. The Hall–Kier alpha value is -2.89. The van der Waals surface area contributed by atoms with Crippen molar-refractivity contribution in [3.05, 3.63) is 54.4 Å². The Labute approximate surface area is 128 Å². The normalized spacial score (nSPS) is 10.7. The number of nitrogens with zero attached hydrogens (tertiary/aromatic N) is 2. The van der Waals surface area contributed by atoms with E-state index in [0.717, 1.165) is 5.56 Å². The lowest BCUT2D eigenvalue weighted by atomic mass is 10.2. The van der Waals surface area contributed by atoms with Crippen molar-refractivity contribution in [2.45, 2.75) is 19.4 Å². The van der Waals surface area contributed by atoms with Crippen LogP contribution in [0.4, 0.5) is 5.69 Å². The number of amides is 2. The molecule has 0 aliphatic heterocycles. The Kier molecular flexibility index (Phi) is 5.48. The van der Waals surface area contributed by atoms with Crippen molar-refractivity contribution in [3.63, 3.8) is 0 Å². The van der Waals surface area contributed by atoms with Crippen molar-refractivity contribution in [1.82, 2.24) is 9.78 Å². The molecule has 3 N–H and O–H groups in total. The Balaban J connectivity index is 1.75. The van der Waals surface area contributed by atoms with Crippen LogP contribution in [0.15, 0.2) is 48.8 Å². The third-order valence-electron chi connectivity index (χ3n) is 2.88. The molecule has 22 heavy (non-hydrogen) atoms. The molecule has 0 radical (unpaired) electrons. The second-order valence-corrected chi connectivity index (χ2v) is 4.79. The van der Waals surface area contributed by atoms with Crippen LogP contribution in [0.1, 0.15) is 18.4 Å². The summed E-state index contributed by atoms with van der Waals surface area (Å²) in [5.74, 6) is -0.580. The van der Waals surface area contributed by atoms with Crippen LogP contribution in [-0.2, 0) is 16.1 Å². The molecule has 0 bridgehead atoms. The SMILES string of the molecule is NC(=O)Cn1cc(NC(=O)CC/C=C\c2ccccc2)cn1. The van der Waals surface area contributed by atoms with E-state index in [9.17, 15) is 9.59 Å². The summed E-state index contributed by atoms with van der Waals surface area (Å²) in [6, 6.07) is 9.91. The van der Waals surface area contributed by atoms with Gasteiger partial charge in [0.1, 0.15) is 6.54 Å². The summed E-state index contributed by atoms with van der Waals surface area (Å²) < 4.78 is 1.38. The van der Waals surface area contributed by atoms with Gasteiger partial charge in [-0.2, -0.15) is 5.10 Å². The van der Waals surface area contributed by atoms with E-state index >= 15 is 0 Å². The number of anilines is 1. The Morgan fingerprint density at radius 1 is 1.27 bits per heavy atom. The number of primary amides is 1. The van der Waals surface area contributed by atoms with Gasteiger partial charge in [0.15, 0.2) is 0 Å². The summed E-state index contributed by atoms with van der Waals surface area (Å²) in [4.78, 5) is 22.5. The maximum atomic E-state index is 11.8. The average molecular weight is 298 g/mol. The summed E-state index contributed by atoms with van der Waals surface area (Å²) in [5, 5.41) is 6.66. The number of carbonyl (C=O) groups is 2. The van der Waals surface area contributed by atoms with Gasteiger partial charge in [0.05, 0.1) is 11.9 Å². The van der Waals surface area contributed by atoms with E-state index in [-0.39, 0.29) is 12.5 Å². The third-order valence-corrected chi connectivity index (χ3v) is 2.88. The largest absolute Gasteiger partial charge is 0.368 e. The molecule has 1 heterocycles. The summed E-state index contributed by atoms with van der Waals surface area (Å²) in [6.07, 6.45) is 8.03. The minimum Gasteiger partial charge on any atom is -0.368 e. The molecule has 0 fully saturated rings. The fourth-order valence-corrected chi connectivity index (χ4v) is 1.90. The topological polar surface area (TPSA) is 90.0 Å². The van der Waals surface area contributed by atoms with Crippen molar-refractivity contribution < 1.29 is 9.59 Å². The highest BCUT2D eigenvalue weighted by Crippen LogP contribution is 2.07. The number of hydrogen-bond acceptors (Lipinski definition) is 3. The molecule has 0 unspecified atom stereocenters. The fraction of sp³-hybridized carbons (Fsp3) is 0.188. The zero-order valence-electron chi connectivity index (χ0n) is 12.1. The zero-order valence-corrected chi connectivity index (χ0v) is 12.1. The van der Waals surface area contributed by atoms with E-state index in [1.807, 2.05) is 42.5 Å². The number of nitrogens with two attached hydrogens (primary N) is 1. The van der Waals surface area contributed by atoms with Crippen LogP contribution in [0.25, 0.3) is 6.08 Å². The lowest BCUT2D eigenvalue weighted by Gasteiger charge is -2.00. The van der Waals surface area contributed by atoms with Gasteiger partial charge in [-0.15, -0.1) is 0 Å². The quantitative estimate of drug-likeness (QED) is 0.816. The molecule has 2 aromatic rings. The number of carbonyl (C=O) groups excluding carboxylic acids is 2. The van der Waals surface area contributed by atoms with Crippen LogP contribution >= 0.6 is 0 Å². The van der Waals surface area contributed by atoms with Crippen molar-refractivity contribution >= 4 is 23.6 Å². The highest BCUT2D eigenvalue weighted by atomic mass is 16.2. The molecule has 0 aliphatic carbocycles. The predicted octanol–water partition coefficient (Wildman–Crippen LogP) is 1.80. The van der Waals surface area contributed by atoms with Gasteiger partial charge in [-0.1, -0.05) is 42.5 Å². The molecule has 2 amide bonds. The summed E-state index contributed by atoms with van der Waals surface area (Å²) >= 11 is 0. The van der Waals surface area contributed by atoms with E-state index in [2.05, 4.69) is 10.4 Å².